The van der Waals surface area contributed by atoms with Crippen LogP contribution in [0.4, 0.5) is 0 Å². The van der Waals surface area contributed by atoms with Crippen LogP contribution in [-0.4, -0.2) is 40.5 Å². The minimum atomic E-state index is -1.09. The quantitative estimate of drug-likeness (QED) is 0.508. The Kier molecular flexibility index (Phi) is 7.02. The molecule has 4 rings (SSSR count). The van der Waals surface area contributed by atoms with Crippen LogP contribution in [0.1, 0.15) is 44.8 Å². The number of carbonyl (C=O) groups is 3. The minimum absolute atomic E-state index is 0.0638. The second-order valence-electron chi connectivity index (χ2n) is 8.23. The fourth-order valence-electron chi connectivity index (χ4n) is 4.16. The zero-order valence-corrected chi connectivity index (χ0v) is 19.7. The zero-order chi connectivity index (χ0) is 25.1. The predicted octanol–water partition coefficient (Wildman–Crippen LogP) is 3.23. The van der Waals surface area contributed by atoms with E-state index in [1.165, 1.54) is 29.9 Å². The number of hydrogen-bond donors (Lipinski definition) is 2. The number of phenolic OH excluding ortho intramolecular Hbond substituents is 1. The SMILES string of the molecule is COC(=O)C(Cc1ccc(O)cc1)NC(=O)c1cc2c(n(-c3ccc(Cl)cc3)c1=O)CCCC2=O. The van der Waals surface area contributed by atoms with E-state index in [1.807, 2.05) is 0 Å². The van der Waals surface area contributed by atoms with Crippen LogP contribution in [0.5, 0.6) is 5.75 Å². The Labute approximate surface area is 206 Å². The number of hydrogen-bond acceptors (Lipinski definition) is 6. The second-order valence-corrected chi connectivity index (χ2v) is 8.67. The fraction of sp³-hybridized carbons (Fsp3) is 0.231. The molecule has 0 saturated heterocycles. The van der Waals surface area contributed by atoms with Crippen molar-refractivity contribution in [2.24, 2.45) is 0 Å². The number of carbonyl (C=O) groups excluding carboxylic acids is 3. The Morgan fingerprint density at radius 3 is 2.43 bits per heavy atom. The number of nitrogens with zero attached hydrogens (tertiary/aromatic N) is 1. The summed E-state index contributed by atoms with van der Waals surface area (Å²) >= 11 is 6.00. The van der Waals surface area contributed by atoms with Gasteiger partial charge in [0.05, 0.1) is 7.11 Å². The van der Waals surface area contributed by atoms with Crippen molar-refractivity contribution in [1.82, 2.24) is 9.88 Å². The number of ketones is 1. The standard InChI is InChI=1S/C26H23ClN2O6/c1-35-26(34)21(13-15-5-11-18(30)12-6-15)28-24(32)20-14-19-22(3-2-4-23(19)31)29(25(20)33)17-9-7-16(27)8-10-17/h5-12,14,21,30H,2-4,13H2,1H3,(H,28,32). The number of esters is 1. The largest absolute Gasteiger partial charge is 0.508 e. The Hall–Kier alpha value is -3.91. The van der Waals surface area contributed by atoms with Gasteiger partial charge >= 0.3 is 5.97 Å². The molecular weight excluding hydrogens is 472 g/mol. The summed E-state index contributed by atoms with van der Waals surface area (Å²) < 4.78 is 6.20. The highest BCUT2D eigenvalue weighted by Gasteiger charge is 2.29. The molecule has 1 aliphatic rings. The van der Waals surface area contributed by atoms with Gasteiger partial charge < -0.3 is 15.2 Å². The van der Waals surface area contributed by atoms with Gasteiger partial charge in [-0.25, -0.2) is 4.79 Å². The van der Waals surface area contributed by atoms with E-state index >= 15 is 0 Å². The summed E-state index contributed by atoms with van der Waals surface area (Å²) in [4.78, 5) is 51.9. The summed E-state index contributed by atoms with van der Waals surface area (Å²) in [5.41, 5.74) is 1.13. The van der Waals surface area contributed by atoms with Crippen LogP contribution in [0.3, 0.4) is 0 Å². The number of ether oxygens (including phenoxy) is 1. The van der Waals surface area contributed by atoms with Crippen LogP contribution in [-0.2, 0) is 22.4 Å². The van der Waals surface area contributed by atoms with Crippen molar-refractivity contribution in [1.29, 1.82) is 0 Å². The van der Waals surface area contributed by atoms with Crippen molar-refractivity contribution in [2.75, 3.05) is 7.11 Å². The average Bonchev–Trinajstić information content (AvgIpc) is 2.85. The van der Waals surface area contributed by atoms with Crippen LogP contribution >= 0.6 is 11.6 Å². The number of pyridine rings is 1. The fourth-order valence-corrected chi connectivity index (χ4v) is 4.28. The molecule has 1 amide bonds. The lowest BCUT2D eigenvalue weighted by Gasteiger charge is -2.22. The van der Waals surface area contributed by atoms with Crippen LogP contribution in [0.25, 0.3) is 5.69 Å². The summed E-state index contributed by atoms with van der Waals surface area (Å²) in [6, 6.07) is 12.9. The van der Waals surface area contributed by atoms with Gasteiger partial charge in [0.2, 0.25) is 0 Å². The maximum Gasteiger partial charge on any atom is 0.328 e. The molecule has 1 atom stereocenters. The molecule has 1 aromatic heterocycles. The van der Waals surface area contributed by atoms with Crippen LogP contribution in [0, 0.1) is 0 Å². The van der Waals surface area contributed by atoms with Crippen molar-refractivity contribution >= 4 is 29.3 Å². The number of methoxy groups -OCH3 is 1. The molecule has 2 aromatic carbocycles. The lowest BCUT2D eigenvalue weighted by Crippen LogP contribution is -2.45. The second kappa shape index (κ2) is 10.1. The van der Waals surface area contributed by atoms with Gasteiger partial charge in [-0.2, -0.15) is 0 Å². The first-order valence-corrected chi connectivity index (χ1v) is 11.4. The Morgan fingerprint density at radius 1 is 1.09 bits per heavy atom. The molecule has 180 valence electrons. The van der Waals surface area contributed by atoms with Crippen LogP contribution in [0.15, 0.2) is 59.4 Å². The zero-order valence-electron chi connectivity index (χ0n) is 18.9. The lowest BCUT2D eigenvalue weighted by molar-refractivity contribution is -0.142. The van der Waals surface area contributed by atoms with Gasteiger partial charge in [0.1, 0.15) is 17.4 Å². The van der Waals surface area contributed by atoms with E-state index in [2.05, 4.69) is 5.32 Å². The smallest absolute Gasteiger partial charge is 0.328 e. The number of phenols is 1. The molecular formula is C26H23ClN2O6. The number of aromatic nitrogens is 1. The first kappa shape index (κ1) is 24.2. The van der Waals surface area contributed by atoms with Gasteiger partial charge in [0.15, 0.2) is 5.78 Å². The molecule has 1 heterocycles. The number of fused-ring (bicyclic) bond motifs is 1. The molecule has 9 heteroatoms. The van der Waals surface area contributed by atoms with Crippen LogP contribution in [0.2, 0.25) is 5.02 Å². The van der Waals surface area contributed by atoms with Gasteiger partial charge in [0, 0.05) is 34.8 Å². The molecule has 1 aliphatic carbocycles. The number of Topliss-reactive ketones (excluding diaryl/α,β-unsaturated/α-hetero) is 1. The van der Waals surface area contributed by atoms with E-state index in [-0.39, 0.29) is 23.5 Å². The van der Waals surface area contributed by atoms with Gasteiger partial charge in [0.25, 0.3) is 11.5 Å². The highest BCUT2D eigenvalue weighted by Crippen LogP contribution is 2.24. The Morgan fingerprint density at radius 2 is 1.77 bits per heavy atom. The molecule has 0 fully saturated rings. The van der Waals surface area contributed by atoms with Crippen LogP contribution < -0.4 is 10.9 Å². The number of halogens is 1. The first-order valence-electron chi connectivity index (χ1n) is 11.0. The summed E-state index contributed by atoms with van der Waals surface area (Å²) in [6.45, 7) is 0. The van der Waals surface area contributed by atoms with E-state index in [0.29, 0.717) is 46.8 Å². The third kappa shape index (κ3) is 5.12. The van der Waals surface area contributed by atoms with Gasteiger partial charge in [-0.05, 0) is 60.9 Å². The van der Waals surface area contributed by atoms with Crippen molar-refractivity contribution in [3.63, 3.8) is 0 Å². The van der Waals surface area contributed by atoms with Gasteiger partial charge in [-0.15, -0.1) is 0 Å². The van der Waals surface area contributed by atoms with Gasteiger partial charge in [-0.1, -0.05) is 23.7 Å². The summed E-state index contributed by atoms with van der Waals surface area (Å²) in [5, 5.41) is 12.5. The van der Waals surface area contributed by atoms with Crippen molar-refractivity contribution < 1.29 is 24.2 Å². The van der Waals surface area contributed by atoms with E-state index in [0.717, 1.165) is 0 Å². The first-order chi connectivity index (χ1) is 16.8. The third-order valence-electron chi connectivity index (χ3n) is 5.92. The topological polar surface area (TPSA) is 115 Å². The normalized spacial score (nSPS) is 13.6. The molecule has 1 unspecified atom stereocenters. The molecule has 0 spiro atoms. The van der Waals surface area contributed by atoms with Crippen molar-refractivity contribution in [3.8, 4) is 11.4 Å². The summed E-state index contributed by atoms with van der Waals surface area (Å²) in [6.07, 6.45) is 1.50. The average molecular weight is 495 g/mol. The highest BCUT2D eigenvalue weighted by atomic mass is 35.5. The predicted molar refractivity (Wildman–Crippen MR) is 129 cm³/mol. The van der Waals surface area contributed by atoms with Crippen molar-refractivity contribution in [2.45, 2.75) is 31.7 Å². The summed E-state index contributed by atoms with van der Waals surface area (Å²) in [7, 11) is 1.20. The highest BCUT2D eigenvalue weighted by molar-refractivity contribution is 6.30. The number of aromatic hydroxyl groups is 1. The lowest BCUT2D eigenvalue weighted by atomic mass is 9.92. The number of benzene rings is 2. The van der Waals surface area contributed by atoms with E-state index in [4.69, 9.17) is 16.3 Å². The van der Waals surface area contributed by atoms with Crippen molar-refractivity contribution in [3.05, 3.63) is 92.4 Å². The monoisotopic (exact) mass is 494 g/mol. The number of nitrogens with one attached hydrogen (secondary N) is 1. The molecule has 2 N–H and O–H groups in total. The van der Waals surface area contributed by atoms with E-state index in [1.54, 1.807) is 36.4 Å². The molecule has 0 bridgehead atoms. The molecule has 0 radical (unpaired) electrons. The minimum Gasteiger partial charge on any atom is -0.508 e. The third-order valence-corrected chi connectivity index (χ3v) is 6.17. The summed E-state index contributed by atoms with van der Waals surface area (Å²) in [5.74, 6) is -1.59. The van der Waals surface area contributed by atoms with E-state index < -0.39 is 23.5 Å². The maximum atomic E-state index is 13.5. The molecule has 8 nitrogen and oxygen atoms in total. The Balaban J connectivity index is 1.75. The molecule has 0 saturated carbocycles. The maximum absolute atomic E-state index is 13.5. The molecule has 35 heavy (non-hydrogen) atoms. The van der Waals surface area contributed by atoms with Gasteiger partial charge in [-0.3, -0.25) is 19.0 Å². The number of rotatable bonds is 6. The molecule has 0 aliphatic heterocycles. The Bertz CT molecular complexity index is 1350. The number of amides is 1. The molecule has 3 aromatic rings. The van der Waals surface area contributed by atoms with E-state index in [9.17, 15) is 24.3 Å².